The highest BCUT2D eigenvalue weighted by Crippen LogP contribution is 2.30. The first-order valence-electron chi connectivity index (χ1n) is 12.7. The summed E-state index contributed by atoms with van der Waals surface area (Å²) < 4.78 is 2.39. The number of nitrogens with zero attached hydrogens (tertiary/aromatic N) is 3. The van der Waals surface area contributed by atoms with Crippen LogP contribution in [-0.4, -0.2) is 40.0 Å². The van der Waals surface area contributed by atoms with E-state index in [1.54, 1.807) is 6.92 Å². The fraction of sp³-hybridized carbons (Fsp3) is 0.333. The Bertz CT molecular complexity index is 1320. The average Bonchev–Trinajstić information content (AvgIpc) is 3.23. The molecular formula is C30H34N4O. The summed E-state index contributed by atoms with van der Waals surface area (Å²) in [6, 6.07) is 25.4. The van der Waals surface area contributed by atoms with E-state index in [2.05, 4.69) is 82.4 Å². The van der Waals surface area contributed by atoms with Gasteiger partial charge < -0.3 is 14.8 Å². The molecule has 5 nitrogen and oxygen atoms in total. The predicted octanol–water partition coefficient (Wildman–Crippen LogP) is 6.24. The van der Waals surface area contributed by atoms with Crippen LogP contribution in [0.1, 0.15) is 43.2 Å². The summed E-state index contributed by atoms with van der Waals surface area (Å²) in [7, 11) is 0. The van der Waals surface area contributed by atoms with Gasteiger partial charge in [0.25, 0.3) is 0 Å². The van der Waals surface area contributed by atoms with Crippen molar-refractivity contribution in [1.29, 1.82) is 0 Å². The minimum absolute atomic E-state index is 0.0202. The number of fused-ring (bicyclic) bond motifs is 1. The average molecular weight is 467 g/mol. The Hall–Kier alpha value is -3.44. The van der Waals surface area contributed by atoms with E-state index in [0.717, 1.165) is 62.5 Å². The van der Waals surface area contributed by atoms with Gasteiger partial charge in [-0.25, -0.2) is 4.98 Å². The van der Waals surface area contributed by atoms with Gasteiger partial charge in [-0.05, 0) is 87.6 Å². The molecule has 1 aliphatic rings. The normalized spacial score (nSPS) is 14.9. The lowest BCUT2D eigenvalue weighted by atomic mass is 9.89. The lowest BCUT2D eigenvalue weighted by Crippen LogP contribution is -2.34. The maximum atomic E-state index is 11.4. The van der Waals surface area contributed by atoms with Crippen molar-refractivity contribution in [1.82, 2.24) is 14.5 Å². The van der Waals surface area contributed by atoms with Crippen molar-refractivity contribution in [3.8, 4) is 11.4 Å². The molecule has 5 rings (SSSR count). The molecule has 0 aliphatic carbocycles. The second-order valence-corrected chi connectivity index (χ2v) is 9.72. The zero-order chi connectivity index (χ0) is 24.2. The van der Waals surface area contributed by atoms with E-state index in [4.69, 9.17) is 4.98 Å². The molecule has 35 heavy (non-hydrogen) atoms. The number of amides is 1. The van der Waals surface area contributed by atoms with Gasteiger partial charge in [-0.3, -0.25) is 4.79 Å². The summed E-state index contributed by atoms with van der Waals surface area (Å²) in [5, 5.41) is 2.91. The highest BCUT2D eigenvalue weighted by Gasteiger charge is 2.21. The minimum atomic E-state index is -0.0202. The molecule has 1 aliphatic heterocycles. The van der Waals surface area contributed by atoms with Crippen molar-refractivity contribution in [3.05, 3.63) is 83.9 Å². The van der Waals surface area contributed by atoms with Gasteiger partial charge in [0.2, 0.25) is 5.91 Å². The van der Waals surface area contributed by atoms with Crippen LogP contribution < -0.4 is 5.32 Å². The van der Waals surface area contributed by atoms with Crippen LogP contribution in [0.5, 0.6) is 0 Å². The number of aryl methyl sites for hydroxylation is 2. The number of rotatable bonds is 7. The number of carbonyl (C=O) groups is 1. The summed E-state index contributed by atoms with van der Waals surface area (Å²) in [5.41, 5.74) is 6.95. The maximum absolute atomic E-state index is 11.4. The third-order valence-electron chi connectivity index (χ3n) is 7.05. The molecule has 1 amide bonds. The van der Waals surface area contributed by atoms with E-state index in [0.29, 0.717) is 5.92 Å². The lowest BCUT2D eigenvalue weighted by Gasteiger charge is -2.32. The van der Waals surface area contributed by atoms with Gasteiger partial charge in [-0.2, -0.15) is 0 Å². The quantitative estimate of drug-likeness (QED) is 0.351. The molecule has 0 saturated carbocycles. The molecular weight excluding hydrogens is 432 g/mol. The molecule has 0 radical (unpaired) electrons. The molecule has 3 aromatic carbocycles. The fourth-order valence-electron chi connectivity index (χ4n) is 5.32. The monoisotopic (exact) mass is 466 g/mol. The van der Waals surface area contributed by atoms with Gasteiger partial charge in [-0.15, -0.1) is 0 Å². The molecule has 4 aromatic rings. The van der Waals surface area contributed by atoms with Gasteiger partial charge in [0.1, 0.15) is 5.82 Å². The Morgan fingerprint density at radius 3 is 2.57 bits per heavy atom. The summed E-state index contributed by atoms with van der Waals surface area (Å²) >= 11 is 0. The highest BCUT2D eigenvalue weighted by atomic mass is 16.1. The second kappa shape index (κ2) is 10.4. The third kappa shape index (κ3) is 5.46. The first-order valence-corrected chi connectivity index (χ1v) is 12.7. The molecule has 0 unspecified atom stereocenters. The van der Waals surface area contributed by atoms with Crippen LogP contribution in [0.2, 0.25) is 0 Å². The van der Waals surface area contributed by atoms with Gasteiger partial charge in [0.05, 0.1) is 11.0 Å². The Morgan fingerprint density at radius 2 is 1.77 bits per heavy atom. The maximum Gasteiger partial charge on any atom is 0.221 e. The molecule has 180 valence electrons. The van der Waals surface area contributed by atoms with Crippen LogP contribution in [0, 0.1) is 6.92 Å². The Labute approximate surface area is 207 Å². The van der Waals surface area contributed by atoms with Crippen LogP contribution in [-0.2, 0) is 11.3 Å². The number of nitrogens with one attached hydrogen (secondary N) is 1. The van der Waals surface area contributed by atoms with E-state index in [-0.39, 0.29) is 5.91 Å². The van der Waals surface area contributed by atoms with E-state index in [1.807, 2.05) is 12.1 Å². The first kappa shape index (κ1) is 23.3. The van der Waals surface area contributed by atoms with Gasteiger partial charge in [0.15, 0.2) is 0 Å². The summed E-state index contributed by atoms with van der Waals surface area (Å²) in [6.45, 7) is 7.98. The molecule has 5 heteroatoms. The van der Waals surface area contributed by atoms with E-state index in [9.17, 15) is 4.79 Å². The number of piperidine rings is 1. The van der Waals surface area contributed by atoms with Crippen molar-refractivity contribution in [3.63, 3.8) is 0 Å². The second-order valence-electron chi connectivity index (χ2n) is 9.72. The number of hydrogen-bond donors (Lipinski definition) is 1. The van der Waals surface area contributed by atoms with Gasteiger partial charge in [-0.1, -0.05) is 48.0 Å². The summed E-state index contributed by atoms with van der Waals surface area (Å²) in [6.07, 6.45) is 3.42. The largest absolute Gasteiger partial charge is 0.326 e. The number of anilines is 1. The number of aromatic nitrogens is 2. The Balaban J connectivity index is 1.21. The SMILES string of the molecule is CC(=O)Nc1cccc(C2CCN(CCCn3c(-c4cccc(C)c4)nc4ccccc43)CC2)c1. The topological polar surface area (TPSA) is 50.2 Å². The molecule has 1 fully saturated rings. The minimum Gasteiger partial charge on any atom is -0.326 e. The number of likely N-dealkylation sites (tertiary alicyclic amines) is 1. The predicted molar refractivity (Wildman–Crippen MR) is 144 cm³/mol. The Morgan fingerprint density at radius 1 is 0.971 bits per heavy atom. The smallest absolute Gasteiger partial charge is 0.221 e. The van der Waals surface area contributed by atoms with Crippen molar-refractivity contribution in [2.45, 2.75) is 45.6 Å². The Kier molecular flexibility index (Phi) is 6.96. The first-order chi connectivity index (χ1) is 17.1. The molecule has 0 atom stereocenters. The number of carbonyl (C=O) groups excluding carboxylic acids is 1. The number of imidazole rings is 1. The van der Waals surface area contributed by atoms with Gasteiger partial charge >= 0.3 is 0 Å². The summed E-state index contributed by atoms with van der Waals surface area (Å²) in [5.74, 6) is 1.60. The van der Waals surface area contributed by atoms with Gasteiger partial charge in [0, 0.05) is 24.7 Å². The fourth-order valence-corrected chi connectivity index (χ4v) is 5.32. The summed E-state index contributed by atoms with van der Waals surface area (Å²) in [4.78, 5) is 19.0. The number of hydrogen-bond acceptors (Lipinski definition) is 3. The molecule has 1 aromatic heterocycles. The van der Waals surface area contributed by atoms with E-state index in [1.165, 1.54) is 22.2 Å². The molecule has 1 N–H and O–H groups in total. The highest BCUT2D eigenvalue weighted by molar-refractivity contribution is 5.88. The van der Waals surface area contributed by atoms with Crippen LogP contribution in [0.15, 0.2) is 72.8 Å². The third-order valence-corrected chi connectivity index (χ3v) is 7.05. The van der Waals surface area contributed by atoms with Crippen molar-refractivity contribution < 1.29 is 4.79 Å². The van der Waals surface area contributed by atoms with Crippen LogP contribution in [0.3, 0.4) is 0 Å². The zero-order valence-corrected chi connectivity index (χ0v) is 20.7. The van der Waals surface area contributed by atoms with E-state index >= 15 is 0 Å². The van der Waals surface area contributed by atoms with Crippen molar-refractivity contribution in [2.24, 2.45) is 0 Å². The van der Waals surface area contributed by atoms with Crippen LogP contribution >= 0.6 is 0 Å². The number of benzene rings is 3. The molecule has 0 bridgehead atoms. The molecule has 2 heterocycles. The molecule has 1 saturated heterocycles. The van der Waals surface area contributed by atoms with Crippen LogP contribution in [0.25, 0.3) is 22.4 Å². The van der Waals surface area contributed by atoms with Crippen molar-refractivity contribution in [2.75, 3.05) is 25.0 Å². The van der Waals surface area contributed by atoms with Crippen LogP contribution in [0.4, 0.5) is 5.69 Å². The molecule has 0 spiro atoms. The standard InChI is InChI=1S/C30H34N4O/c1-22-8-5-10-26(20-22)30-32-28-12-3-4-13-29(28)34(30)17-7-16-33-18-14-24(15-19-33)25-9-6-11-27(21-25)31-23(2)35/h3-6,8-13,20-21,24H,7,14-19H2,1-2H3,(H,31,35). The lowest BCUT2D eigenvalue weighted by molar-refractivity contribution is -0.114. The number of para-hydroxylation sites is 2. The van der Waals surface area contributed by atoms with Crippen molar-refractivity contribution >= 4 is 22.6 Å². The zero-order valence-electron chi connectivity index (χ0n) is 20.7. The van der Waals surface area contributed by atoms with E-state index < -0.39 is 0 Å².